The van der Waals surface area contributed by atoms with Crippen molar-refractivity contribution < 1.29 is 4.42 Å². The Labute approximate surface area is 131 Å². The van der Waals surface area contributed by atoms with Crippen LogP contribution in [0.2, 0.25) is 0 Å². The average Bonchev–Trinajstić information content (AvgIpc) is 3.18. The summed E-state index contributed by atoms with van der Waals surface area (Å²) in [6.07, 6.45) is 3.48. The maximum absolute atomic E-state index is 6.05. The molecule has 6 heteroatoms. The van der Waals surface area contributed by atoms with E-state index >= 15 is 0 Å². The molecule has 0 spiro atoms. The Morgan fingerprint density at radius 2 is 2.00 bits per heavy atom. The second kappa shape index (κ2) is 4.61. The lowest BCUT2D eigenvalue weighted by molar-refractivity contribution is 0.656. The predicted octanol–water partition coefficient (Wildman–Crippen LogP) is 3.11. The molecule has 0 aliphatic carbocycles. The summed E-state index contributed by atoms with van der Waals surface area (Å²) in [5, 5.41) is 0.984. The molecule has 0 aliphatic heterocycles. The SMILES string of the molecule is C=Cc1c(C=C)n2c3c(nc2n1C(N)=NC)oc1ccccc13. The van der Waals surface area contributed by atoms with Crippen molar-refractivity contribution in [3.63, 3.8) is 0 Å². The van der Waals surface area contributed by atoms with E-state index in [-0.39, 0.29) is 0 Å². The lowest BCUT2D eigenvalue weighted by Gasteiger charge is -2.03. The van der Waals surface area contributed by atoms with Crippen LogP contribution in [-0.2, 0) is 0 Å². The zero-order valence-corrected chi connectivity index (χ0v) is 12.7. The van der Waals surface area contributed by atoms with Crippen LogP contribution in [-0.4, -0.2) is 27.0 Å². The summed E-state index contributed by atoms with van der Waals surface area (Å²) >= 11 is 0. The van der Waals surface area contributed by atoms with Gasteiger partial charge in [0.15, 0.2) is 0 Å². The number of benzene rings is 1. The third-order valence-corrected chi connectivity index (χ3v) is 3.97. The maximum Gasteiger partial charge on any atom is 0.248 e. The van der Waals surface area contributed by atoms with Gasteiger partial charge in [-0.15, -0.1) is 0 Å². The Kier molecular flexibility index (Phi) is 2.68. The van der Waals surface area contributed by atoms with Gasteiger partial charge in [0.2, 0.25) is 17.5 Å². The number of furan rings is 1. The van der Waals surface area contributed by atoms with Gasteiger partial charge in [0, 0.05) is 12.4 Å². The third-order valence-electron chi connectivity index (χ3n) is 3.97. The largest absolute Gasteiger partial charge is 0.436 e. The first-order valence-corrected chi connectivity index (χ1v) is 7.13. The first kappa shape index (κ1) is 13.4. The summed E-state index contributed by atoms with van der Waals surface area (Å²) in [6, 6.07) is 7.83. The van der Waals surface area contributed by atoms with Gasteiger partial charge in [-0.25, -0.2) is 4.57 Å². The molecule has 0 atom stereocenters. The monoisotopic (exact) mass is 305 g/mol. The number of hydrogen-bond donors (Lipinski definition) is 1. The molecule has 3 aromatic heterocycles. The molecule has 2 N–H and O–H groups in total. The molecule has 0 saturated heterocycles. The van der Waals surface area contributed by atoms with E-state index in [4.69, 9.17) is 10.2 Å². The average molecular weight is 305 g/mol. The molecule has 4 aromatic rings. The summed E-state index contributed by atoms with van der Waals surface area (Å²) in [6.45, 7) is 7.80. The molecule has 23 heavy (non-hydrogen) atoms. The van der Waals surface area contributed by atoms with Gasteiger partial charge in [-0.2, -0.15) is 4.98 Å². The van der Waals surface area contributed by atoms with Crippen molar-refractivity contribution in [2.75, 3.05) is 7.05 Å². The number of nitrogens with zero attached hydrogens (tertiary/aromatic N) is 4. The van der Waals surface area contributed by atoms with Crippen LogP contribution in [0.1, 0.15) is 11.4 Å². The number of imidazole rings is 2. The van der Waals surface area contributed by atoms with E-state index in [2.05, 4.69) is 23.1 Å². The van der Waals surface area contributed by atoms with E-state index in [1.54, 1.807) is 23.8 Å². The molecule has 0 saturated carbocycles. The Morgan fingerprint density at radius 3 is 2.70 bits per heavy atom. The molecule has 0 bridgehead atoms. The smallest absolute Gasteiger partial charge is 0.248 e. The normalized spacial score (nSPS) is 12.5. The van der Waals surface area contributed by atoms with Crippen LogP contribution in [0, 0.1) is 0 Å². The highest BCUT2D eigenvalue weighted by Crippen LogP contribution is 2.32. The van der Waals surface area contributed by atoms with Crippen LogP contribution < -0.4 is 5.73 Å². The van der Waals surface area contributed by atoms with Gasteiger partial charge >= 0.3 is 0 Å². The lowest BCUT2D eigenvalue weighted by atomic mass is 10.2. The molecule has 0 radical (unpaired) electrons. The van der Waals surface area contributed by atoms with E-state index in [1.165, 1.54) is 0 Å². The second-order valence-electron chi connectivity index (χ2n) is 5.10. The highest BCUT2D eigenvalue weighted by Gasteiger charge is 2.23. The predicted molar refractivity (Wildman–Crippen MR) is 93.6 cm³/mol. The molecule has 6 nitrogen and oxygen atoms in total. The number of nitrogens with two attached hydrogens (primary N) is 1. The van der Waals surface area contributed by atoms with Gasteiger partial charge in [0.25, 0.3) is 0 Å². The highest BCUT2D eigenvalue weighted by atomic mass is 16.3. The van der Waals surface area contributed by atoms with Crippen molar-refractivity contribution in [3.8, 4) is 0 Å². The van der Waals surface area contributed by atoms with Crippen molar-refractivity contribution in [1.82, 2.24) is 14.0 Å². The van der Waals surface area contributed by atoms with E-state index in [0.717, 1.165) is 27.9 Å². The lowest BCUT2D eigenvalue weighted by Crippen LogP contribution is -2.23. The molecule has 1 aromatic carbocycles. The quantitative estimate of drug-likeness (QED) is 0.457. The molecule has 0 aliphatic rings. The third kappa shape index (κ3) is 1.57. The number of aromatic nitrogens is 3. The Bertz CT molecular complexity index is 1120. The molecule has 4 rings (SSSR count). The minimum atomic E-state index is 0.329. The topological polar surface area (TPSA) is 73.8 Å². The first-order valence-electron chi connectivity index (χ1n) is 7.13. The van der Waals surface area contributed by atoms with Crippen molar-refractivity contribution in [2.45, 2.75) is 0 Å². The Balaban J connectivity index is 2.31. The molecule has 0 unspecified atom stereocenters. The van der Waals surface area contributed by atoms with Crippen LogP contribution >= 0.6 is 0 Å². The van der Waals surface area contributed by atoms with Crippen LogP contribution in [0.25, 0.3) is 40.1 Å². The highest BCUT2D eigenvalue weighted by molar-refractivity contribution is 6.04. The van der Waals surface area contributed by atoms with Crippen molar-refractivity contribution in [1.29, 1.82) is 0 Å². The van der Waals surface area contributed by atoms with E-state index in [1.807, 2.05) is 28.7 Å². The van der Waals surface area contributed by atoms with E-state index in [0.29, 0.717) is 17.5 Å². The number of rotatable bonds is 2. The van der Waals surface area contributed by atoms with E-state index in [9.17, 15) is 0 Å². The Morgan fingerprint density at radius 1 is 1.26 bits per heavy atom. The number of hydrogen-bond acceptors (Lipinski definition) is 3. The number of para-hydroxylation sites is 1. The summed E-state index contributed by atoms with van der Waals surface area (Å²) in [5.74, 6) is 0.951. The summed E-state index contributed by atoms with van der Waals surface area (Å²) in [4.78, 5) is 8.67. The number of fused-ring (bicyclic) bond motifs is 5. The summed E-state index contributed by atoms with van der Waals surface area (Å²) in [7, 11) is 1.63. The molecule has 114 valence electrons. The minimum Gasteiger partial charge on any atom is -0.436 e. The van der Waals surface area contributed by atoms with Gasteiger partial charge < -0.3 is 10.2 Å². The standard InChI is InChI=1S/C17H15N5O/c1-4-11-12(5-2)22(16(18)19-3)17-20-15-14(21(11)17)10-8-6-7-9-13(10)23-15/h4-9H,1-2H2,3H3,(H2,18,19). The van der Waals surface area contributed by atoms with Gasteiger partial charge in [0.1, 0.15) is 11.1 Å². The van der Waals surface area contributed by atoms with E-state index < -0.39 is 0 Å². The van der Waals surface area contributed by atoms with Crippen molar-refractivity contribution in [3.05, 3.63) is 48.8 Å². The fourth-order valence-corrected chi connectivity index (χ4v) is 2.98. The fourth-order valence-electron chi connectivity index (χ4n) is 2.98. The van der Waals surface area contributed by atoms with Gasteiger partial charge in [-0.05, 0) is 24.3 Å². The number of aliphatic imine (C=N–C) groups is 1. The zero-order valence-electron chi connectivity index (χ0n) is 12.7. The zero-order chi connectivity index (χ0) is 16.1. The maximum atomic E-state index is 6.05. The van der Waals surface area contributed by atoms with Gasteiger partial charge in [-0.1, -0.05) is 25.3 Å². The second-order valence-corrected chi connectivity index (χ2v) is 5.10. The summed E-state index contributed by atoms with van der Waals surface area (Å²) < 4.78 is 9.57. The molecule has 0 fully saturated rings. The van der Waals surface area contributed by atoms with Crippen LogP contribution in [0.15, 0.2) is 46.8 Å². The van der Waals surface area contributed by atoms with Gasteiger partial charge in [-0.3, -0.25) is 9.39 Å². The van der Waals surface area contributed by atoms with Crippen LogP contribution in [0.3, 0.4) is 0 Å². The minimum absolute atomic E-state index is 0.329. The molecular weight excluding hydrogens is 290 g/mol. The fraction of sp³-hybridized carbons (Fsp3) is 0.0588. The van der Waals surface area contributed by atoms with Crippen molar-refractivity contribution in [2.24, 2.45) is 10.7 Å². The molecular formula is C17H15N5O. The van der Waals surface area contributed by atoms with Crippen LogP contribution in [0.4, 0.5) is 0 Å². The first-order chi connectivity index (χ1) is 11.2. The Hall–Kier alpha value is -3.28. The van der Waals surface area contributed by atoms with Crippen molar-refractivity contribution >= 4 is 46.1 Å². The molecule has 3 heterocycles. The van der Waals surface area contributed by atoms with Gasteiger partial charge in [0.05, 0.1) is 11.4 Å². The van der Waals surface area contributed by atoms with Crippen LogP contribution in [0.5, 0.6) is 0 Å². The summed E-state index contributed by atoms with van der Waals surface area (Å²) in [5.41, 5.74) is 9.92. The molecule has 0 amide bonds.